The van der Waals surface area contributed by atoms with Gasteiger partial charge in [0.25, 0.3) is 11.5 Å². The van der Waals surface area contributed by atoms with E-state index in [9.17, 15) is 9.59 Å². The van der Waals surface area contributed by atoms with Crippen LogP contribution in [0, 0.1) is 11.8 Å². The molecule has 136 valence electrons. The van der Waals surface area contributed by atoms with E-state index >= 15 is 0 Å². The zero-order chi connectivity index (χ0) is 17.7. The molecule has 5 rings (SSSR count). The van der Waals surface area contributed by atoms with Crippen molar-refractivity contribution in [3.63, 3.8) is 0 Å². The third-order valence-electron chi connectivity index (χ3n) is 6.64. The van der Waals surface area contributed by atoms with Crippen molar-refractivity contribution in [2.75, 3.05) is 13.1 Å². The van der Waals surface area contributed by atoms with Crippen LogP contribution < -0.4 is 5.56 Å². The summed E-state index contributed by atoms with van der Waals surface area (Å²) in [7, 11) is 0. The third-order valence-corrected chi connectivity index (χ3v) is 6.64. The lowest BCUT2D eigenvalue weighted by Gasteiger charge is -2.41. The molecule has 1 saturated heterocycles. The van der Waals surface area contributed by atoms with Crippen LogP contribution in [-0.4, -0.2) is 33.4 Å². The first-order chi connectivity index (χ1) is 12.7. The van der Waals surface area contributed by atoms with Crippen LogP contribution in [0.1, 0.15) is 54.7 Å². The van der Waals surface area contributed by atoms with Gasteiger partial charge in [0.05, 0.1) is 10.9 Å². The summed E-state index contributed by atoms with van der Waals surface area (Å²) >= 11 is 0. The summed E-state index contributed by atoms with van der Waals surface area (Å²) in [5.74, 6) is 2.44. The Morgan fingerprint density at radius 3 is 2.77 bits per heavy atom. The second kappa shape index (κ2) is 6.22. The summed E-state index contributed by atoms with van der Waals surface area (Å²) in [4.78, 5) is 32.3. The molecule has 2 aliphatic heterocycles. The smallest absolute Gasteiger partial charge is 0.261 e. The fourth-order valence-electron chi connectivity index (χ4n) is 5.18. The number of piperidine rings is 1. The van der Waals surface area contributed by atoms with Gasteiger partial charge >= 0.3 is 0 Å². The second-order valence-electron chi connectivity index (χ2n) is 8.16. The van der Waals surface area contributed by atoms with E-state index in [0.717, 1.165) is 50.6 Å². The van der Waals surface area contributed by atoms with Crippen molar-refractivity contribution in [2.24, 2.45) is 11.8 Å². The van der Waals surface area contributed by atoms with Gasteiger partial charge in [-0.1, -0.05) is 19.3 Å². The molecule has 0 unspecified atom stereocenters. The average Bonchev–Trinajstić information content (AvgIpc) is 3.15. The Morgan fingerprint density at radius 2 is 1.88 bits per heavy atom. The maximum Gasteiger partial charge on any atom is 0.261 e. The van der Waals surface area contributed by atoms with Gasteiger partial charge in [0.1, 0.15) is 5.82 Å². The Bertz CT molecular complexity index is 933. The van der Waals surface area contributed by atoms with Gasteiger partial charge in [-0.05, 0) is 49.3 Å². The fraction of sp³-hybridized carbons (Fsp3) is 0.571. The summed E-state index contributed by atoms with van der Waals surface area (Å²) in [5.41, 5.74) is 1.37. The number of fused-ring (bicyclic) bond motifs is 3. The maximum absolute atomic E-state index is 13.1. The highest BCUT2D eigenvalue weighted by atomic mass is 16.2. The van der Waals surface area contributed by atoms with E-state index in [4.69, 9.17) is 0 Å². The Labute approximate surface area is 153 Å². The third kappa shape index (κ3) is 2.56. The molecule has 2 fully saturated rings. The van der Waals surface area contributed by atoms with Crippen molar-refractivity contribution in [1.29, 1.82) is 0 Å². The van der Waals surface area contributed by atoms with E-state index in [-0.39, 0.29) is 11.5 Å². The molecule has 3 heterocycles. The molecule has 26 heavy (non-hydrogen) atoms. The van der Waals surface area contributed by atoms with Gasteiger partial charge in [-0.15, -0.1) is 0 Å². The van der Waals surface area contributed by atoms with Crippen molar-refractivity contribution >= 4 is 16.8 Å². The van der Waals surface area contributed by atoms with Crippen molar-refractivity contribution in [1.82, 2.24) is 14.5 Å². The highest BCUT2D eigenvalue weighted by molar-refractivity contribution is 5.97. The highest BCUT2D eigenvalue weighted by Crippen LogP contribution is 2.36. The minimum atomic E-state index is 0.0320. The van der Waals surface area contributed by atoms with Crippen LogP contribution in [0.4, 0.5) is 0 Å². The first-order valence-electron chi connectivity index (χ1n) is 10.0. The summed E-state index contributed by atoms with van der Waals surface area (Å²) in [6.45, 7) is 2.51. The first kappa shape index (κ1) is 16.0. The van der Waals surface area contributed by atoms with E-state index in [1.54, 1.807) is 10.6 Å². The number of likely N-dealkylation sites (tertiary alicyclic amines) is 1. The molecule has 2 atom stereocenters. The summed E-state index contributed by atoms with van der Waals surface area (Å²) in [5, 5.41) is 0.623. The number of rotatable bonds is 1. The number of hydrogen-bond acceptors (Lipinski definition) is 3. The zero-order valence-electron chi connectivity index (χ0n) is 15.1. The van der Waals surface area contributed by atoms with E-state index in [2.05, 4.69) is 4.98 Å². The summed E-state index contributed by atoms with van der Waals surface area (Å²) in [6, 6.07) is 5.42. The van der Waals surface area contributed by atoms with Gasteiger partial charge in [-0.2, -0.15) is 0 Å². The van der Waals surface area contributed by atoms with Crippen molar-refractivity contribution in [3.8, 4) is 0 Å². The molecular formula is C21H25N3O2. The van der Waals surface area contributed by atoms with Gasteiger partial charge in [0.2, 0.25) is 0 Å². The highest BCUT2D eigenvalue weighted by Gasteiger charge is 2.33. The van der Waals surface area contributed by atoms with Gasteiger partial charge in [0, 0.05) is 31.6 Å². The molecule has 2 aromatic rings. The van der Waals surface area contributed by atoms with E-state index < -0.39 is 0 Å². The molecule has 1 aromatic heterocycles. The normalized spacial score (nSPS) is 25.2. The largest absolute Gasteiger partial charge is 0.338 e. The lowest BCUT2D eigenvalue weighted by molar-refractivity contribution is 0.0521. The Morgan fingerprint density at radius 1 is 1.04 bits per heavy atom. The van der Waals surface area contributed by atoms with Crippen molar-refractivity contribution < 1.29 is 4.79 Å². The molecular weight excluding hydrogens is 326 g/mol. The number of amides is 1. The van der Waals surface area contributed by atoms with Crippen LogP contribution in [0.2, 0.25) is 0 Å². The van der Waals surface area contributed by atoms with Crippen LogP contribution in [-0.2, 0) is 13.0 Å². The average molecular weight is 351 g/mol. The number of aryl methyl sites for hydroxylation is 1. The van der Waals surface area contributed by atoms with Crippen LogP contribution in [0.15, 0.2) is 23.0 Å². The Kier molecular flexibility index (Phi) is 3.84. The predicted octanol–water partition coefficient (Wildman–Crippen LogP) is 3.00. The minimum absolute atomic E-state index is 0.0320. The second-order valence-corrected chi connectivity index (χ2v) is 8.16. The van der Waals surface area contributed by atoms with Crippen molar-refractivity contribution in [3.05, 3.63) is 39.9 Å². The van der Waals surface area contributed by atoms with Crippen LogP contribution in [0.3, 0.4) is 0 Å². The maximum atomic E-state index is 13.1. The fourth-order valence-corrected chi connectivity index (χ4v) is 5.18. The molecule has 5 nitrogen and oxygen atoms in total. The minimum Gasteiger partial charge on any atom is -0.338 e. The van der Waals surface area contributed by atoms with E-state index in [1.165, 1.54) is 25.7 Å². The lowest BCUT2D eigenvalue weighted by atomic mass is 9.75. The zero-order valence-corrected chi connectivity index (χ0v) is 15.1. The number of nitrogens with zero attached hydrogens (tertiary/aromatic N) is 3. The number of carbonyl (C=O) groups excluding carboxylic acids is 1. The molecule has 1 aliphatic carbocycles. The molecule has 1 saturated carbocycles. The van der Waals surface area contributed by atoms with Gasteiger partial charge in [0.15, 0.2) is 0 Å². The molecule has 1 amide bonds. The SMILES string of the molecule is O=C(c1ccc2c(=O)n3c(nc2c1)CCC3)N1CC[C@H]2CCCC[C@@H]2C1. The van der Waals surface area contributed by atoms with Crippen molar-refractivity contribution in [2.45, 2.75) is 51.5 Å². The van der Waals surface area contributed by atoms with E-state index in [1.807, 2.05) is 17.0 Å². The molecule has 0 spiro atoms. The topological polar surface area (TPSA) is 55.2 Å². The number of aromatic nitrogens is 2. The number of benzene rings is 1. The number of carbonyl (C=O) groups is 1. The molecule has 0 N–H and O–H groups in total. The van der Waals surface area contributed by atoms with Gasteiger partial charge < -0.3 is 4.90 Å². The number of hydrogen-bond donors (Lipinski definition) is 0. The van der Waals surface area contributed by atoms with Crippen LogP contribution >= 0.6 is 0 Å². The molecule has 0 bridgehead atoms. The lowest BCUT2D eigenvalue weighted by Crippen LogP contribution is -2.44. The molecule has 0 radical (unpaired) electrons. The first-order valence-corrected chi connectivity index (χ1v) is 10.0. The van der Waals surface area contributed by atoms with Crippen LogP contribution in [0.5, 0.6) is 0 Å². The quantitative estimate of drug-likeness (QED) is 0.794. The molecule has 5 heteroatoms. The van der Waals surface area contributed by atoms with Crippen LogP contribution in [0.25, 0.3) is 10.9 Å². The van der Waals surface area contributed by atoms with Gasteiger partial charge in [-0.25, -0.2) is 4.98 Å². The molecule has 3 aliphatic rings. The Hall–Kier alpha value is -2.17. The predicted molar refractivity (Wildman–Crippen MR) is 100 cm³/mol. The van der Waals surface area contributed by atoms with Gasteiger partial charge in [-0.3, -0.25) is 14.2 Å². The Balaban J connectivity index is 1.44. The summed E-state index contributed by atoms with van der Waals surface area (Å²) < 4.78 is 1.78. The standard InChI is InChI=1S/C21H25N3O2/c25-20(23-11-9-14-4-1-2-5-16(14)13-23)15-7-8-17-18(12-15)22-19-6-3-10-24(19)21(17)26/h7-8,12,14,16H,1-6,9-11,13H2/t14-,16-/m1/s1. The summed E-state index contributed by atoms with van der Waals surface area (Å²) in [6.07, 6.45) is 8.21. The van der Waals surface area contributed by atoms with E-state index in [0.29, 0.717) is 22.4 Å². The molecule has 1 aromatic carbocycles. The monoisotopic (exact) mass is 351 g/mol.